The van der Waals surface area contributed by atoms with Gasteiger partial charge in [-0.2, -0.15) is 0 Å². The normalized spacial score (nSPS) is 14.1. The van der Waals surface area contributed by atoms with Gasteiger partial charge in [0.2, 0.25) is 0 Å². The minimum absolute atomic E-state index is 0.286. The van der Waals surface area contributed by atoms with Crippen molar-refractivity contribution in [2.45, 2.75) is 0 Å². The molecule has 0 radical (unpaired) electrons. The van der Waals surface area contributed by atoms with Crippen molar-refractivity contribution in [1.82, 2.24) is 14.9 Å². The highest BCUT2D eigenvalue weighted by molar-refractivity contribution is 6.09. The molecule has 2 aromatic heterocycles. The van der Waals surface area contributed by atoms with Crippen LogP contribution in [0.4, 0.5) is 21.9 Å². The number of hydrogen-bond acceptors (Lipinski definition) is 5. The van der Waals surface area contributed by atoms with Gasteiger partial charge in [-0.25, -0.2) is 4.79 Å². The molecule has 7 heteroatoms. The van der Waals surface area contributed by atoms with Gasteiger partial charge < -0.3 is 20.4 Å². The number of nitrogens with zero attached hydrogens (tertiary/aromatic N) is 4. The molecule has 5 aromatic rings. The van der Waals surface area contributed by atoms with Gasteiger partial charge in [0.15, 0.2) is 0 Å². The number of fused-ring (bicyclic) bond motifs is 2. The summed E-state index contributed by atoms with van der Waals surface area (Å²) in [6.45, 7) is 3.99. The van der Waals surface area contributed by atoms with Gasteiger partial charge in [0.1, 0.15) is 0 Å². The number of aromatic nitrogens is 2. The Labute approximate surface area is 215 Å². The summed E-state index contributed by atoms with van der Waals surface area (Å²) >= 11 is 0. The van der Waals surface area contributed by atoms with Crippen LogP contribution >= 0.6 is 0 Å². The first-order chi connectivity index (χ1) is 18.2. The summed E-state index contributed by atoms with van der Waals surface area (Å²) in [5.41, 5.74) is 5.74. The summed E-state index contributed by atoms with van der Waals surface area (Å²) in [7, 11) is 2.15. The number of rotatable bonds is 4. The predicted molar refractivity (Wildman–Crippen MR) is 151 cm³/mol. The lowest BCUT2D eigenvalue weighted by molar-refractivity contribution is 0.262. The number of likely N-dealkylation sites (N-methyl/N-ethyl adjacent to an activating group) is 1. The number of pyridine rings is 2. The molecule has 1 aliphatic rings. The van der Waals surface area contributed by atoms with Crippen LogP contribution in [0.15, 0.2) is 91.4 Å². The number of urea groups is 1. The van der Waals surface area contributed by atoms with E-state index < -0.39 is 0 Å². The van der Waals surface area contributed by atoms with Crippen LogP contribution in [0.2, 0.25) is 0 Å². The number of carbonyl (C=O) groups excluding carboxylic acids is 1. The van der Waals surface area contributed by atoms with Crippen molar-refractivity contribution in [1.29, 1.82) is 0 Å². The lowest BCUT2D eigenvalue weighted by atomic mass is 9.98. The molecule has 3 heterocycles. The number of amides is 2. The Bertz CT molecular complexity index is 1580. The first kappa shape index (κ1) is 22.9. The van der Waals surface area contributed by atoms with Crippen LogP contribution < -0.4 is 15.5 Å². The van der Waals surface area contributed by atoms with Crippen molar-refractivity contribution >= 4 is 44.8 Å². The summed E-state index contributed by atoms with van der Waals surface area (Å²) in [5.74, 6) is 0. The van der Waals surface area contributed by atoms with Gasteiger partial charge in [0.25, 0.3) is 0 Å². The molecule has 1 aliphatic heterocycles. The van der Waals surface area contributed by atoms with E-state index in [1.165, 1.54) is 0 Å². The van der Waals surface area contributed by atoms with E-state index in [2.05, 4.69) is 55.6 Å². The average Bonchev–Trinajstić information content (AvgIpc) is 2.93. The van der Waals surface area contributed by atoms with Gasteiger partial charge in [-0.05, 0) is 66.0 Å². The molecular weight excluding hydrogens is 460 g/mol. The van der Waals surface area contributed by atoms with Crippen LogP contribution in [-0.2, 0) is 0 Å². The number of anilines is 3. The number of piperazine rings is 1. The Kier molecular flexibility index (Phi) is 6.12. The van der Waals surface area contributed by atoms with Crippen molar-refractivity contribution in [3.63, 3.8) is 0 Å². The van der Waals surface area contributed by atoms with E-state index in [9.17, 15) is 4.79 Å². The van der Waals surface area contributed by atoms with Crippen LogP contribution in [-0.4, -0.2) is 54.1 Å². The maximum absolute atomic E-state index is 13.1. The standard InChI is InChI=1S/C30H28N6O/c1-35-16-18-36(19-17-35)29-12-15-32-27-9-8-22(20-26(27)29)33-30(37)34-28-7-3-5-24-23(4-2-6-25(24)28)21-10-13-31-14-11-21/h2-15,20H,16-19H2,1H3,(H2,33,34,37). The van der Waals surface area contributed by atoms with E-state index in [0.29, 0.717) is 0 Å². The molecule has 6 rings (SSSR count). The fourth-order valence-electron chi connectivity index (χ4n) is 5.02. The molecule has 37 heavy (non-hydrogen) atoms. The maximum Gasteiger partial charge on any atom is 0.323 e. The zero-order valence-electron chi connectivity index (χ0n) is 20.7. The molecule has 2 N–H and O–H groups in total. The van der Waals surface area contributed by atoms with Crippen molar-refractivity contribution in [3.8, 4) is 11.1 Å². The second-order valence-corrected chi connectivity index (χ2v) is 9.37. The summed E-state index contributed by atoms with van der Waals surface area (Å²) in [6, 6.07) is 23.7. The number of nitrogens with one attached hydrogen (secondary N) is 2. The van der Waals surface area contributed by atoms with Gasteiger partial charge in [0.05, 0.1) is 11.2 Å². The highest BCUT2D eigenvalue weighted by Gasteiger charge is 2.17. The first-order valence-electron chi connectivity index (χ1n) is 12.5. The monoisotopic (exact) mass is 488 g/mol. The minimum Gasteiger partial charge on any atom is -0.368 e. The van der Waals surface area contributed by atoms with E-state index in [4.69, 9.17) is 0 Å². The van der Waals surface area contributed by atoms with Crippen molar-refractivity contribution in [2.75, 3.05) is 48.8 Å². The topological polar surface area (TPSA) is 73.4 Å². The third-order valence-corrected chi connectivity index (χ3v) is 6.98. The average molecular weight is 489 g/mol. The quantitative estimate of drug-likeness (QED) is 0.332. The van der Waals surface area contributed by atoms with Gasteiger partial charge in [-0.15, -0.1) is 0 Å². The molecule has 0 saturated carbocycles. The summed E-state index contributed by atoms with van der Waals surface area (Å²) in [5, 5.41) is 9.15. The molecular formula is C30H28N6O. The zero-order valence-corrected chi connectivity index (χ0v) is 20.7. The lowest BCUT2D eigenvalue weighted by Crippen LogP contribution is -2.44. The first-order valence-corrected chi connectivity index (χ1v) is 12.5. The van der Waals surface area contributed by atoms with E-state index in [0.717, 1.165) is 76.0 Å². The van der Waals surface area contributed by atoms with Crippen molar-refractivity contribution < 1.29 is 4.79 Å². The van der Waals surface area contributed by atoms with Gasteiger partial charge in [-0.1, -0.05) is 30.3 Å². The summed E-state index contributed by atoms with van der Waals surface area (Å²) in [6.07, 6.45) is 5.44. The highest BCUT2D eigenvalue weighted by Crippen LogP contribution is 2.33. The molecule has 0 spiro atoms. The van der Waals surface area contributed by atoms with Crippen molar-refractivity contribution in [3.05, 3.63) is 91.4 Å². The van der Waals surface area contributed by atoms with Gasteiger partial charge in [0, 0.05) is 66.9 Å². The molecule has 0 atom stereocenters. The minimum atomic E-state index is -0.286. The highest BCUT2D eigenvalue weighted by atomic mass is 16.2. The van der Waals surface area contributed by atoms with Crippen LogP contribution in [0.25, 0.3) is 32.8 Å². The molecule has 3 aromatic carbocycles. The number of carbonyl (C=O) groups is 1. The van der Waals surface area contributed by atoms with E-state index >= 15 is 0 Å². The zero-order chi connectivity index (χ0) is 25.2. The second-order valence-electron chi connectivity index (χ2n) is 9.37. The Balaban J connectivity index is 1.26. The smallest absolute Gasteiger partial charge is 0.323 e. The molecule has 1 saturated heterocycles. The molecule has 0 bridgehead atoms. The van der Waals surface area contributed by atoms with Crippen LogP contribution in [0.5, 0.6) is 0 Å². The fraction of sp³-hybridized carbons (Fsp3) is 0.167. The Hall–Kier alpha value is -4.49. The molecule has 7 nitrogen and oxygen atoms in total. The largest absolute Gasteiger partial charge is 0.368 e. The summed E-state index contributed by atoms with van der Waals surface area (Å²) in [4.78, 5) is 26.5. The Morgan fingerprint density at radius 3 is 2.41 bits per heavy atom. The van der Waals surface area contributed by atoms with E-state index in [1.807, 2.05) is 60.8 Å². The SMILES string of the molecule is CN1CCN(c2ccnc3ccc(NC(=O)Nc4cccc5c(-c6ccncc6)cccc45)cc23)CC1. The molecule has 2 amide bonds. The molecule has 0 unspecified atom stereocenters. The third kappa shape index (κ3) is 4.69. The van der Waals surface area contributed by atoms with Gasteiger partial charge >= 0.3 is 6.03 Å². The maximum atomic E-state index is 13.1. The van der Waals surface area contributed by atoms with Crippen LogP contribution in [0.1, 0.15) is 0 Å². The summed E-state index contributed by atoms with van der Waals surface area (Å²) < 4.78 is 0. The number of benzene rings is 3. The predicted octanol–water partition coefficient (Wildman–Crippen LogP) is 5.85. The fourth-order valence-corrected chi connectivity index (χ4v) is 5.02. The van der Waals surface area contributed by atoms with E-state index in [-0.39, 0.29) is 6.03 Å². The molecule has 184 valence electrons. The third-order valence-electron chi connectivity index (χ3n) is 6.98. The van der Waals surface area contributed by atoms with Crippen LogP contribution in [0.3, 0.4) is 0 Å². The molecule has 1 fully saturated rings. The van der Waals surface area contributed by atoms with E-state index in [1.54, 1.807) is 12.4 Å². The van der Waals surface area contributed by atoms with Gasteiger partial charge in [-0.3, -0.25) is 9.97 Å². The Morgan fingerprint density at radius 1 is 0.784 bits per heavy atom. The van der Waals surface area contributed by atoms with Crippen LogP contribution in [0, 0.1) is 0 Å². The molecule has 0 aliphatic carbocycles. The second kappa shape index (κ2) is 9.87. The number of hydrogen-bond donors (Lipinski definition) is 2. The Morgan fingerprint density at radius 2 is 1.57 bits per heavy atom. The van der Waals surface area contributed by atoms with Crippen molar-refractivity contribution in [2.24, 2.45) is 0 Å². The lowest BCUT2D eigenvalue weighted by Gasteiger charge is -2.34.